The van der Waals surface area contributed by atoms with Gasteiger partial charge in [-0.25, -0.2) is 0 Å². The van der Waals surface area contributed by atoms with E-state index >= 15 is 0 Å². The Morgan fingerprint density at radius 2 is 1.87 bits per heavy atom. The molecule has 0 spiro atoms. The van der Waals surface area contributed by atoms with E-state index in [-0.39, 0.29) is 5.97 Å². The molecule has 0 aromatic heterocycles. The maximum Gasteiger partial charge on any atom is 0.308 e. The lowest BCUT2D eigenvalue weighted by molar-refractivity contribution is -0.131. The minimum Gasteiger partial charge on any atom is -0.426 e. The predicted octanol–water partition coefficient (Wildman–Crippen LogP) is 5.63. The number of ether oxygens (including phenoxy) is 1. The van der Waals surface area contributed by atoms with Crippen LogP contribution in [0.2, 0.25) is 0 Å². The van der Waals surface area contributed by atoms with Gasteiger partial charge in [0, 0.05) is 12.5 Å². The lowest BCUT2D eigenvalue weighted by Gasteiger charge is -2.15. The van der Waals surface area contributed by atoms with E-state index in [0.717, 1.165) is 23.1 Å². The highest BCUT2D eigenvalue weighted by molar-refractivity contribution is 5.79. The minimum atomic E-state index is -0.274. The van der Waals surface area contributed by atoms with Crippen LogP contribution in [0.15, 0.2) is 36.4 Å². The first kappa shape index (κ1) is 17.3. The van der Waals surface area contributed by atoms with Gasteiger partial charge in [-0.2, -0.15) is 0 Å². The van der Waals surface area contributed by atoms with Gasteiger partial charge in [-0.1, -0.05) is 55.7 Å². The van der Waals surface area contributed by atoms with Crippen molar-refractivity contribution in [2.75, 3.05) is 0 Å². The number of carbonyl (C=O) groups excluding carboxylic acids is 1. The van der Waals surface area contributed by atoms with E-state index in [1.807, 2.05) is 12.1 Å². The van der Waals surface area contributed by atoms with Crippen LogP contribution in [0.25, 0.3) is 11.1 Å². The maximum absolute atomic E-state index is 11.5. The van der Waals surface area contributed by atoms with Crippen LogP contribution in [-0.2, 0) is 11.2 Å². The van der Waals surface area contributed by atoms with Crippen LogP contribution in [0.5, 0.6) is 5.75 Å². The first-order valence-electron chi connectivity index (χ1n) is 8.40. The number of esters is 1. The molecule has 23 heavy (non-hydrogen) atoms. The third-order valence-electron chi connectivity index (χ3n) is 3.99. The van der Waals surface area contributed by atoms with Crippen LogP contribution in [0.4, 0.5) is 0 Å². The summed E-state index contributed by atoms with van der Waals surface area (Å²) in [6.45, 7) is 7.83. The summed E-state index contributed by atoms with van der Waals surface area (Å²) < 4.78 is 5.53. The van der Waals surface area contributed by atoms with Crippen LogP contribution < -0.4 is 4.74 Å². The van der Waals surface area contributed by atoms with Gasteiger partial charge < -0.3 is 4.74 Å². The quantitative estimate of drug-likeness (QED) is 0.393. The second-order valence-corrected chi connectivity index (χ2v) is 6.21. The number of hydrogen-bond donors (Lipinski definition) is 0. The Morgan fingerprint density at radius 1 is 1.09 bits per heavy atom. The van der Waals surface area contributed by atoms with E-state index in [1.165, 1.54) is 37.3 Å². The van der Waals surface area contributed by atoms with Gasteiger partial charge in [-0.05, 0) is 49.4 Å². The van der Waals surface area contributed by atoms with Crippen molar-refractivity contribution in [2.24, 2.45) is 0 Å². The molecule has 0 aliphatic rings. The van der Waals surface area contributed by atoms with Crippen LogP contribution >= 0.6 is 0 Å². The second kappa shape index (κ2) is 7.96. The number of unbranched alkanes of at least 4 members (excludes halogenated alkanes) is 2. The standard InChI is InChI=1S/C21H26O2/c1-5-6-7-10-18-13-16(3)21(20(14-18)23-17(4)22)19-11-8-9-15(2)12-19/h8-9,11-14H,5-7,10H2,1-4H3. The van der Waals surface area contributed by atoms with Crippen molar-refractivity contribution < 1.29 is 9.53 Å². The van der Waals surface area contributed by atoms with Crippen molar-refractivity contribution in [1.82, 2.24) is 0 Å². The normalized spacial score (nSPS) is 10.6. The number of aryl methyl sites for hydroxylation is 3. The Hall–Kier alpha value is -2.09. The molecule has 0 amide bonds. The van der Waals surface area contributed by atoms with Gasteiger partial charge in [-0.3, -0.25) is 4.79 Å². The highest BCUT2D eigenvalue weighted by Gasteiger charge is 2.13. The van der Waals surface area contributed by atoms with E-state index in [4.69, 9.17) is 4.74 Å². The third-order valence-corrected chi connectivity index (χ3v) is 3.99. The molecule has 122 valence electrons. The molecule has 0 fully saturated rings. The summed E-state index contributed by atoms with van der Waals surface area (Å²) in [7, 11) is 0. The van der Waals surface area contributed by atoms with Crippen molar-refractivity contribution in [3.05, 3.63) is 53.1 Å². The van der Waals surface area contributed by atoms with E-state index in [2.05, 4.69) is 45.0 Å². The van der Waals surface area contributed by atoms with Crippen LogP contribution in [0.3, 0.4) is 0 Å². The molecule has 0 aliphatic carbocycles. The van der Waals surface area contributed by atoms with E-state index in [9.17, 15) is 4.79 Å². The molecule has 2 aromatic rings. The van der Waals surface area contributed by atoms with Gasteiger partial charge in [0.2, 0.25) is 0 Å². The van der Waals surface area contributed by atoms with Crippen molar-refractivity contribution in [3.8, 4) is 16.9 Å². The molecule has 0 N–H and O–H groups in total. The molecule has 0 heterocycles. The van der Waals surface area contributed by atoms with E-state index in [1.54, 1.807) is 0 Å². The Balaban J connectivity index is 2.45. The van der Waals surface area contributed by atoms with Crippen LogP contribution in [-0.4, -0.2) is 5.97 Å². The molecule has 0 aliphatic heterocycles. The molecule has 2 rings (SSSR count). The summed E-state index contributed by atoms with van der Waals surface area (Å²) in [6.07, 6.45) is 4.62. The zero-order chi connectivity index (χ0) is 16.8. The molecule has 2 aromatic carbocycles. The Bertz CT molecular complexity index is 686. The fourth-order valence-electron chi connectivity index (χ4n) is 2.96. The fraction of sp³-hybridized carbons (Fsp3) is 0.381. The summed E-state index contributed by atoms with van der Waals surface area (Å²) in [6, 6.07) is 12.6. The summed E-state index contributed by atoms with van der Waals surface area (Å²) >= 11 is 0. The first-order valence-corrected chi connectivity index (χ1v) is 8.40. The average Bonchev–Trinajstić information content (AvgIpc) is 2.46. The number of benzene rings is 2. The van der Waals surface area contributed by atoms with Gasteiger partial charge in [0.1, 0.15) is 5.75 Å². The van der Waals surface area contributed by atoms with Gasteiger partial charge in [0.15, 0.2) is 0 Å². The van der Waals surface area contributed by atoms with Crippen molar-refractivity contribution in [1.29, 1.82) is 0 Å². The molecule has 0 bridgehead atoms. The molecule has 0 saturated carbocycles. The molecule has 2 heteroatoms. The number of carbonyl (C=O) groups is 1. The SMILES string of the molecule is CCCCCc1cc(C)c(-c2cccc(C)c2)c(OC(C)=O)c1. The second-order valence-electron chi connectivity index (χ2n) is 6.21. The lowest BCUT2D eigenvalue weighted by Crippen LogP contribution is -2.04. The van der Waals surface area contributed by atoms with Crippen molar-refractivity contribution in [2.45, 2.75) is 53.4 Å². The predicted molar refractivity (Wildman–Crippen MR) is 95.9 cm³/mol. The zero-order valence-corrected chi connectivity index (χ0v) is 14.6. The fourth-order valence-corrected chi connectivity index (χ4v) is 2.96. The number of rotatable bonds is 6. The van der Waals surface area contributed by atoms with Gasteiger partial charge in [-0.15, -0.1) is 0 Å². The van der Waals surface area contributed by atoms with Gasteiger partial charge >= 0.3 is 5.97 Å². The van der Waals surface area contributed by atoms with E-state index < -0.39 is 0 Å². The molecule has 2 nitrogen and oxygen atoms in total. The van der Waals surface area contributed by atoms with E-state index in [0.29, 0.717) is 5.75 Å². The van der Waals surface area contributed by atoms with Crippen molar-refractivity contribution >= 4 is 5.97 Å². The van der Waals surface area contributed by atoms with Crippen LogP contribution in [0, 0.1) is 13.8 Å². The molecular formula is C21H26O2. The summed E-state index contributed by atoms with van der Waals surface area (Å²) in [5, 5.41) is 0. The Kier molecular flexibility index (Phi) is 5.97. The zero-order valence-electron chi connectivity index (χ0n) is 14.6. The minimum absolute atomic E-state index is 0.274. The van der Waals surface area contributed by atoms with Gasteiger partial charge in [0.25, 0.3) is 0 Å². The molecular weight excluding hydrogens is 284 g/mol. The summed E-state index contributed by atoms with van der Waals surface area (Å²) in [5.74, 6) is 0.401. The topological polar surface area (TPSA) is 26.3 Å². The third kappa shape index (κ3) is 4.69. The first-order chi connectivity index (χ1) is 11.0. The smallest absolute Gasteiger partial charge is 0.308 e. The van der Waals surface area contributed by atoms with Gasteiger partial charge in [0.05, 0.1) is 0 Å². The lowest BCUT2D eigenvalue weighted by atomic mass is 9.94. The summed E-state index contributed by atoms with van der Waals surface area (Å²) in [5.41, 5.74) is 5.70. The highest BCUT2D eigenvalue weighted by Crippen LogP contribution is 2.35. The monoisotopic (exact) mass is 310 g/mol. The van der Waals surface area contributed by atoms with Crippen molar-refractivity contribution in [3.63, 3.8) is 0 Å². The Morgan fingerprint density at radius 3 is 2.52 bits per heavy atom. The summed E-state index contributed by atoms with van der Waals surface area (Å²) in [4.78, 5) is 11.5. The molecule has 0 saturated heterocycles. The largest absolute Gasteiger partial charge is 0.426 e. The molecule has 0 atom stereocenters. The molecule has 0 unspecified atom stereocenters. The number of hydrogen-bond acceptors (Lipinski definition) is 2. The van der Waals surface area contributed by atoms with Crippen LogP contribution in [0.1, 0.15) is 49.8 Å². The Labute approximate surface area is 139 Å². The average molecular weight is 310 g/mol. The highest BCUT2D eigenvalue weighted by atomic mass is 16.5. The molecule has 0 radical (unpaired) electrons. The maximum atomic E-state index is 11.5.